The molecule has 4 nitrogen and oxygen atoms in total. The smallest absolute Gasteiger partial charge is 0.255 e. The van der Waals surface area contributed by atoms with Crippen LogP contribution in [0.15, 0.2) is 10.8 Å². The number of aryl methyl sites for hydroxylation is 2. The Morgan fingerprint density at radius 1 is 1.12 bits per heavy atom. The number of hydrogen-bond donors (Lipinski definition) is 0. The lowest BCUT2D eigenvalue weighted by Gasteiger charge is -2.34. The molecular formula is C18H23N3OS2. The van der Waals surface area contributed by atoms with E-state index in [1.54, 1.807) is 22.7 Å². The lowest BCUT2D eigenvalue weighted by Crippen LogP contribution is -2.48. The maximum absolute atomic E-state index is 12.9. The maximum atomic E-state index is 12.9. The number of amides is 1. The molecule has 1 saturated heterocycles. The van der Waals surface area contributed by atoms with Gasteiger partial charge in [-0.25, -0.2) is 4.98 Å². The van der Waals surface area contributed by atoms with E-state index in [0.29, 0.717) is 0 Å². The lowest BCUT2D eigenvalue weighted by atomic mass is 9.95. The van der Waals surface area contributed by atoms with Gasteiger partial charge in [0.25, 0.3) is 5.91 Å². The summed E-state index contributed by atoms with van der Waals surface area (Å²) < 4.78 is 0. The molecule has 0 unspecified atom stereocenters. The second-order valence-corrected chi connectivity index (χ2v) is 8.71. The van der Waals surface area contributed by atoms with E-state index in [1.165, 1.54) is 23.3 Å². The number of piperazine rings is 1. The summed E-state index contributed by atoms with van der Waals surface area (Å²) in [5, 5.41) is 5.37. The number of hydrogen-bond acceptors (Lipinski definition) is 5. The Labute approximate surface area is 151 Å². The van der Waals surface area contributed by atoms with Crippen LogP contribution < -0.4 is 0 Å². The van der Waals surface area contributed by atoms with E-state index in [-0.39, 0.29) is 5.91 Å². The normalized spacial score (nSPS) is 18.6. The van der Waals surface area contributed by atoms with Gasteiger partial charge < -0.3 is 4.90 Å². The summed E-state index contributed by atoms with van der Waals surface area (Å²) >= 11 is 3.49. The molecule has 2 aliphatic rings. The molecule has 128 valence electrons. The quantitative estimate of drug-likeness (QED) is 0.841. The van der Waals surface area contributed by atoms with Crippen LogP contribution in [0.3, 0.4) is 0 Å². The van der Waals surface area contributed by atoms with Crippen molar-refractivity contribution in [2.45, 2.75) is 39.2 Å². The minimum atomic E-state index is 0.249. The monoisotopic (exact) mass is 361 g/mol. The SMILES string of the molecule is Cc1nc(CN2CCN(C(=O)c3csc4c3CCCC4)CC2)cs1. The van der Waals surface area contributed by atoms with E-state index in [4.69, 9.17) is 0 Å². The Bertz CT molecular complexity index is 728. The van der Waals surface area contributed by atoms with Crippen molar-refractivity contribution in [3.05, 3.63) is 37.5 Å². The maximum Gasteiger partial charge on any atom is 0.255 e. The number of fused-ring (bicyclic) bond motifs is 1. The lowest BCUT2D eigenvalue weighted by molar-refractivity contribution is 0.0626. The number of aromatic nitrogens is 1. The Kier molecular flexibility index (Phi) is 4.70. The third-order valence-electron chi connectivity index (χ3n) is 5.00. The van der Waals surface area contributed by atoms with Gasteiger partial charge in [-0.1, -0.05) is 0 Å². The summed E-state index contributed by atoms with van der Waals surface area (Å²) in [6.45, 7) is 6.48. The van der Waals surface area contributed by atoms with E-state index in [2.05, 4.69) is 20.6 Å². The first kappa shape index (κ1) is 16.2. The van der Waals surface area contributed by atoms with Crippen LogP contribution in [0.2, 0.25) is 0 Å². The van der Waals surface area contributed by atoms with Gasteiger partial charge in [0.1, 0.15) is 0 Å². The van der Waals surface area contributed by atoms with Crippen molar-refractivity contribution in [1.82, 2.24) is 14.8 Å². The standard InChI is InChI=1S/C18H23N3OS2/c1-13-19-14(11-23-13)10-20-6-8-21(9-7-20)18(22)16-12-24-17-5-3-2-4-15(16)17/h11-12H,2-10H2,1H3. The highest BCUT2D eigenvalue weighted by Gasteiger charge is 2.26. The first-order chi connectivity index (χ1) is 11.7. The van der Waals surface area contributed by atoms with Crippen LogP contribution in [0, 0.1) is 6.92 Å². The van der Waals surface area contributed by atoms with Gasteiger partial charge in [-0.2, -0.15) is 0 Å². The molecule has 1 amide bonds. The van der Waals surface area contributed by atoms with Crippen LogP contribution in [0.4, 0.5) is 0 Å². The minimum Gasteiger partial charge on any atom is -0.336 e. The molecule has 0 radical (unpaired) electrons. The van der Waals surface area contributed by atoms with Gasteiger partial charge in [-0.3, -0.25) is 9.69 Å². The minimum absolute atomic E-state index is 0.249. The molecule has 1 fully saturated rings. The zero-order valence-electron chi connectivity index (χ0n) is 14.1. The van der Waals surface area contributed by atoms with Crippen LogP contribution in [-0.2, 0) is 19.4 Å². The highest BCUT2D eigenvalue weighted by atomic mass is 32.1. The van der Waals surface area contributed by atoms with Crippen LogP contribution in [0.1, 0.15) is 44.3 Å². The zero-order valence-corrected chi connectivity index (χ0v) is 15.7. The summed E-state index contributed by atoms with van der Waals surface area (Å²) in [7, 11) is 0. The first-order valence-electron chi connectivity index (χ1n) is 8.72. The van der Waals surface area contributed by atoms with Gasteiger partial charge in [0, 0.05) is 48.4 Å². The van der Waals surface area contributed by atoms with Crippen molar-refractivity contribution >= 4 is 28.6 Å². The Morgan fingerprint density at radius 3 is 2.67 bits per heavy atom. The van der Waals surface area contributed by atoms with Crippen LogP contribution >= 0.6 is 22.7 Å². The molecule has 0 bridgehead atoms. The predicted octanol–water partition coefficient (Wildman–Crippen LogP) is 3.35. The highest BCUT2D eigenvalue weighted by molar-refractivity contribution is 7.10. The number of nitrogens with zero attached hydrogens (tertiary/aromatic N) is 3. The topological polar surface area (TPSA) is 36.4 Å². The second kappa shape index (κ2) is 6.94. The van der Waals surface area contributed by atoms with E-state index in [0.717, 1.165) is 61.8 Å². The fourth-order valence-corrected chi connectivity index (χ4v) is 5.39. The summed E-state index contributed by atoms with van der Waals surface area (Å²) in [5.74, 6) is 0.249. The average molecular weight is 362 g/mol. The summed E-state index contributed by atoms with van der Waals surface area (Å²) in [5.41, 5.74) is 3.49. The number of rotatable bonds is 3. The van der Waals surface area contributed by atoms with Gasteiger partial charge in [0.2, 0.25) is 0 Å². The number of thiazole rings is 1. The van der Waals surface area contributed by atoms with Gasteiger partial charge in [-0.15, -0.1) is 22.7 Å². The average Bonchev–Trinajstić information content (AvgIpc) is 3.21. The highest BCUT2D eigenvalue weighted by Crippen LogP contribution is 2.31. The molecule has 1 aliphatic carbocycles. The van der Waals surface area contributed by atoms with Crippen molar-refractivity contribution in [1.29, 1.82) is 0 Å². The van der Waals surface area contributed by atoms with E-state index >= 15 is 0 Å². The Balaban J connectivity index is 1.37. The molecule has 6 heteroatoms. The third kappa shape index (κ3) is 3.27. The van der Waals surface area contributed by atoms with Gasteiger partial charge >= 0.3 is 0 Å². The van der Waals surface area contributed by atoms with Crippen LogP contribution in [0.5, 0.6) is 0 Å². The summed E-state index contributed by atoms with van der Waals surface area (Å²) in [4.78, 5) is 23.3. The van der Waals surface area contributed by atoms with Crippen molar-refractivity contribution in [3.63, 3.8) is 0 Å². The number of thiophene rings is 1. The van der Waals surface area contributed by atoms with E-state index < -0.39 is 0 Å². The van der Waals surface area contributed by atoms with Crippen molar-refractivity contribution in [2.24, 2.45) is 0 Å². The molecular weight excluding hydrogens is 338 g/mol. The zero-order chi connectivity index (χ0) is 16.5. The molecule has 0 saturated carbocycles. The molecule has 0 N–H and O–H groups in total. The van der Waals surface area contributed by atoms with Crippen molar-refractivity contribution in [3.8, 4) is 0 Å². The van der Waals surface area contributed by atoms with Crippen LogP contribution in [0.25, 0.3) is 0 Å². The molecule has 3 heterocycles. The predicted molar refractivity (Wildman–Crippen MR) is 99.0 cm³/mol. The molecule has 2 aromatic heterocycles. The summed E-state index contributed by atoms with van der Waals surface area (Å²) in [6, 6.07) is 0. The van der Waals surface area contributed by atoms with Crippen molar-refractivity contribution < 1.29 is 4.79 Å². The fraction of sp³-hybridized carbons (Fsp3) is 0.556. The molecule has 4 rings (SSSR count). The molecule has 0 spiro atoms. The second-order valence-electron chi connectivity index (χ2n) is 6.68. The Morgan fingerprint density at radius 2 is 1.92 bits per heavy atom. The van der Waals surface area contributed by atoms with Crippen LogP contribution in [-0.4, -0.2) is 46.9 Å². The number of carbonyl (C=O) groups is 1. The van der Waals surface area contributed by atoms with Gasteiger partial charge in [0.15, 0.2) is 0 Å². The molecule has 24 heavy (non-hydrogen) atoms. The first-order valence-corrected chi connectivity index (χ1v) is 10.5. The van der Waals surface area contributed by atoms with E-state index in [9.17, 15) is 4.79 Å². The van der Waals surface area contributed by atoms with Gasteiger partial charge in [-0.05, 0) is 38.2 Å². The summed E-state index contributed by atoms with van der Waals surface area (Å²) in [6.07, 6.45) is 4.75. The number of carbonyl (C=O) groups excluding carboxylic acids is 1. The van der Waals surface area contributed by atoms with Gasteiger partial charge in [0.05, 0.1) is 16.3 Å². The molecule has 0 aromatic carbocycles. The Hall–Kier alpha value is -1.24. The molecule has 2 aromatic rings. The third-order valence-corrected chi connectivity index (χ3v) is 6.91. The molecule has 1 aliphatic heterocycles. The largest absolute Gasteiger partial charge is 0.336 e. The fourth-order valence-electron chi connectivity index (χ4n) is 3.66. The molecule has 0 atom stereocenters. The van der Waals surface area contributed by atoms with Crippen molar-refractivity contribution in [2.75, 3.05) is 26.2 Å². The van der Waals surface area contributed by atoms with E-state index in [1.807, 2.05) is 11.8 Å².